The van der Waals surface area contributed by atoms with E-state index in [0.29, 0.717) is 11.3 Å². The van der Waals surface area contributed by atoms with Gasteiger partial charge in [0.25, 0.3) is 5.69 Å². The first-order valence-corrected chi connectivity index (χ1v) is 13.7. The van der Waals surface area contributed by atoms with Gasteiger partial charge < -0.3 is 4.74 Å². The Morgan fingerprint density at radius 3 is 2.34 bits per heavy atom. The van der Waals surface area contributed by atoms with E-state index in [0.717, 1.165) is 5.56 Å². The lowest BCUT2D eigenvalue weighted by atomic mass is 9.74. The Morgan fingerprint density at radius 1 is 1.08 bits per heavy atom. The molecule has 1 aliphatic rings. The summed E-state index contributed by atoms with van der Waals surface area (Å²) in [5.41, 5.74) is 1.46. The van der Waals surface area contributed by atoms with Gasteiger partial charge in [0.15, 0.2) is 5.78 Å². The number of esters is 1. The molecule has 38 heavy (non-hydrogen) atoms. The highest BCUT2D eigenvalue weighted by Gasteiger charge is 2.43. The van der Waals surface area contributed by atoms with E-state index in [9.17, 15) is 28.1 Å². The van der Waals surface area contributed by atoms with Crippen molar-refractivity contribution in [2.45, 2.75) is 52.7 Å². The number of hydrogen-bond acceptors (Lipinski definition) is 8. The van der Waals surface area contributed by atoms with E-state index in [-0.39, 0.29) is 17.0 Å². The van der Waals surface area contributed by atoms with Crippen LogP contribution >= 0.6 is 0 Å². The van der Waals surface area contributed by atoms with E-state index in [1.54, 1.807) is 52.8 Å². The molecule has 202 valence electrons. The zero-order valence-electron chi connectivity index (χ0n) is 21.9. The molecule has 3 atom stereocenters. The number of carbonyl (C=O) groups is 2. The zero-order valence-corrected chi connectivity index (χ0v) is 22.7. The minimum absolute atomic E-state index is 0.0476. The number of nitrogens with zero attached hydrogens (tertiary/aromatic N) is 2. The van der Waals surface area contributed by atoms with Crippen molar-refractivity contribution < 1.29 is 27.7 Å². The van der Waals surface area contributed by atoms with Crippen molar-refractivity contribution in [3.63, 3.8) is 0 Å². The summed E-state index contributed by atoms with van der Waals surface area (Å²) in [6.45, 7) is 8.14. The minimum Gasteiger partial charge on any atom is -0.454 e. The molecule has 0 spiro atoms. The lowest BCUT2D eigenvalue weighted by Crippen LogP contribution is -2.41. The summed E-state index contributed by atoms with van der Waals surface area (Å²) in [6.07, 6.45) is -0.633. The van der Waals surface area contributed by atoms with Crippen LogP contribution in [-0.2, 0) is 24.3 Å². The number of aliphatic imine (C=N–C) groups is 1. The van der Waals surface area contributed by atoms with Crippen LogP contribution in [0, 0.1) is 16.0 Å². The van der Waals surface area contributed by atoms with E-state index in [4.69, 9.17) is 4.74 Å². The van der Waals surface area contributed by atoms with Crippen LogP contribution in [0.3, 0.4) is 0 Å². The normalized spacial score (nSPS) is 18.6. The topological polar surface area (TPSA) is 145 Å². The van der Waals surface area contributed by atoms with Crippen molar-refractivity contribution in [2.75, 3.05) is 5.75 Å². The summed E-state index contributed by atoms with van der Waals surface area (Å²) < 4.78 is 33.3. The number of nitro benzene ring substituents is 1. The quantitative estimate of drug-likeness (QED) is 0.269. The fraction of sp³-hybridized carbons (Fsp3) is 0.370. The van der Waals surface area contributed by atoms with Crippen LogP contribution in [0.1, 0.15) is 57.8 Å². The molecule has 0 amide bonds. The average molecular weight is 542 g/mol. The van der Waals surface area contributed by atoms with Crippen LogP contribution in [0.4, 0.5) is 5.69 Å². The van der Waals surface area contributed by atoms with Gasteiger partial charge >= 0.3 is 5.97 Å². The summed E-state index contributed by atoms with van der Waals surface area (Å²) in [7, 11) is -3.98. The second kappa shape index (κ2) is 11.8. The number of non-ortho nitro benzene ring substituents is 1. The van der Waals surface area contributed by atoms with Crippen molar-refractivity contribution in [3.05, 3.63) is 87.1 Å². The molecule has 0 fully saturated rings. The first-order chi connectivity index (χ1) is 17.8. The van der Waals surface area contributed by atoms with Gasteiger partial charge in [-0.3, -0.25) is 19.9 Å². The third-order valence-electron chi connectivity index (χ3n) is 6.14. The van der Waals surface area contributed by atoms with Crippen molar-refractivity contribution in [2.24, 2.45) is 10.9 Å². The molecule has 2 aromatic carbocycles. The molecule has 0 saturated carbocycles. The van der Waals surface area contributed by atoms with Crippen LogP contribution in [0.15, 0.2) is 70.9 Å². The molecular weight excluding hydrogens is 510 g/mol. The smallest absolute Gasteiger partial charge is 0.337 e. The molecule has 0 bridgehead atoms. The number of carbonyl (C=O) groups excluding carboxylic acids is 2. The molecule has 1 N–H and O–H groups in total. The maximum absolute atomic E-state index is 13.6. The molecule has 0 saturated heterocycles. The van der Waals surface area contributed by atoms with E-state index in [1.807, 2.05) is 18.2 Å². The van der Waals surface area contributed by atoms with Crippen LogP contribution in [0.25, 0.3) is 0 Å². The highest BCUT2D eigenvalue weighted by atomic mass is 32.2. The highest BCUT2D eigenvalue weighted by molar-refractivity contribution is 7.90. The van der Waals surface area contributed by atoms with Gasteiger partial charge in [-0.2, -0.15) is 0 Å². The largest absolute Gasteiger partial charge is 0.454 e. The number of benzene rings is 2. The van der Waals surface area contributed by atoms with Gasteiger partial charge in [0, 0.05) is 35.5 Å². The standard InChI is InChI=1S/C27H31N3O7S/c1-16(2)29-38(35,36)15-23(31)24-17(3)28-18(4)25(26(24)21-12-9-13-22(14-21)30(33)34)27(32)37-19(5)20-10-7-6-8-11-20/h6-14,16,19,24,26,29H,15H2,1-5H3. The maximum atomic E-state index is 13.6. The van der Waals surface area contributed by atoms with Gasteiger partial charge in [0.1, 0.15) is 11.9 Å². The van der Waals surface area contributed by atoms with E-state index in [1.165, 1.54) is 18.2 Å². The third-order valence-corrected chi connectivity index (χ3v) is 7.63. The summed E-state index contributed by atoms with van der Waals surface area (Å²) in [6, 6.07) is 14.2. The van der Waals surface area contributed by atoms with Gasteiger partial charge in [-0.05, 0) is 45.7 Å². The van der Waals surface area contributed by atoms with E-state index >= 15 is 0 Å². The Bertz CT molecular complexity index is 1400. The van der Waals surface area contributed by atoms with Gasteiger partial charge in [-0.25, -0.2) is 17.9 Å². The fourth-order valence-corrected chi connectivity index (χ4v) is 5.96. The Balaban J connectivity index is 2.09. The molecule has 0 radical (unpaired) electrons. The Hall–Kier alpha value is -3.70. The van der Waals surface area contributed by atoms with Crippen molar-refractivity contribution in [1.82, 2.24) is 4.72 Å². The van der Waals surface area contributed by atoms with Crippen LogP contribution in [-0.4, -0.2) is 42.6 Å². The van der Waals surface area contributed by atoms with Crippen LogP contribution < -0.4 is 4.72 Å². The highest BCUT2D eigenvalue weighted by Crippen LogP contribution is 2.41. The Labute approximate surface area is 222 Å². The molecule has 11 heteroatoms. The van der Waals surface area contributed by atoms with E-state index < -0.39 is 56.4 Å². The van der Waals surface area contributed by atoms with Crippen molar-refractivity contribution >= 4 is 33.2 Å². The van der Waals surface area contributed by atoms with Gasteiger partial charge in [-0.15, -0.1) is 0 Å². The number of sulfonamides is 1. The van der Waals surface area contributed by atoms with Crippen LogP contribution in [0.2, 0.25) is 0 Å². The Kier molecular flexibility index (Phi) is 8.95. The van der Waals surface area contributed by atoms with Crippen LogP contribution in [0.5, 0.6) is 0 Å². The molecule has 1 aliphatic heterocycles. The summed E-state index contributed by atoms with van der Waals surface area (Å²) >= 11 is 0. The summed E-state index contributed by atoms with van der Waals surface area (Å²) in [5.74, 6) is -4.46. The molecule has 3 unspecified atom stereocenters. The monoisotopic (exact) mass is 541 g/mol. The predicted octanol–water partition coefficient (Wildman–Crippen LogP) is 4.24. The number of rotatable bonds is 10. The number of ketones is 1. The second-order valence-electron chi connectivity index (χ2n) is 9.52. The minimum atomic E-state index is -3.98. The van der Waals surface area contributed by atoms with Crippen molar-refractivity contribution in [1.29, 1.82) is 0 Å². The first-order valence-electron chi connectivity index (χ1n) is 12.1. The van der Waals surface area contributed by atoms with Gasteiger partial charge in [0.05, 0.1) is 16.4 Å². The lowest BCUT2D eigenvalue weighted by Gasteiger charge is -2.32. The Morgan fingerprint density at radius 2 is 1.74 bits per heavy atom. The number of ether oxygens (including phenoxy) is 1. The molecule has 1 heterocycles. The number of Topliss-reactive ketones (excluding diaryl/α,β-unsaturated/α-hetero) is 1. The van der Waals surface area contributed by atoms with Gasteiger partial charge in [-0.1, -0.05) is 42.5 Å². The number of allylic oxidation sites excluding steroid dienone is 1. The first kappa shape index (κ1) is 28.9. The molecule has 10 nitrogen and oxygen atoms in total. The SMILES string of the molecule is CC1=NC(C)=C(C(=O)OC(C)c2ccccc2)C(c2cccc([N+](=O)[O-])c2)C1C(=O)CS(=O)(=O)NC(C)C. The number of hydrogen-bond donors (Lipinski definition) is 1. The predicted molar refractivity (Wildman–Crippen MR) is 143 cm³/mol. The summed E-state index contributed by atoms with van der Waals surface area (Å²) in [4.78, 5) is 42.4. The average Bonchev–Trinajstić information content (AvgIpc) is 2.82. The molecule has 2 aromatic rings. The third kappa shape index (κ3) is 6.78. The zero-order chi connectivity index (χ0) is 28.2. The summed E-state index contributed by atoms with van der Waals surface area (Å²) in [5, 5.41) is 11.5. The molecule has 0 aromatic heterocycles. The maximum Gasteiger partial charge on any atom is 0.337 e. The van der Waals surface area contributed by atoms with E-state index in [2.05, 4.69) is 9.71 Å². The number of nitro groups is 1. The lowest BCUT2D eigenvalue weighted by molar-refractivity contribution is -0.384. The molecule has 0 aliphatic carbocycles. The molecule has 3 rings (SSSR count). The van der Waals surface area contributed by atoms with Gasteiger partial charge in [0.2, 0.25) is 10.0 Å². The number of nitrogens with one attached hydrogen (secondary N) is 1. The molecular formula is C27H31N3O7S. The van der Waals surface area contributed by atoms with Crippen molar-refractivity contribution in [3.8, 4) is 0 Å². The fourth-order valence-electron chi connectivity index (χ4n) is 4.61. The second-order valence-corrected chi connectivity index (χ2v) is 11.3.